The number of carbonyl (C=O) groups excluding carboxylic acids is 1. The van der Waals surface area contributed by atoms with Gasteiger partial charge in [-0.3, -0.25) is 14.5 Å². The number of fused-ring (bicyclic) bond motifs is 2. The molecule has 2 aromatic carbocycles. The van der Waals surface area contributed by atoms with Gasteiger partial charge in [0.15, 0.2) is 5.43 Å². The molecule has 1 aliphatic heterocycles. The van der Waals surface area contributed by atoms with E-state index in [0.717, 1.165) is 23.3 Å². The third kappa shape index (κ3) is 3.66. The van der Waals surface area contributed by atoms with Gasteiger partial charge in [0.05, 0.1) is 28.6 Å². The highest BCUT2D eigenvalue weighted by molar-refractivity contribution is 6.30. The Hall–Kier alpha value is -3.64. The SMILES string of the molecule is CCCOc1ccc(C2c3c(oc4ccc(C)cc4c3=O)C(=O)N2c2ccc(Cl)cn2)cc1. The number of nitrogens with zero attached hydrogens (tertiary/aromatic N) is 2. The zero-order valence-corrected chi connectivity index (χ0v) is 18.9. The maximum absolute atomic E-state index is 13.6. The number of amides is 1. The molecule has 1 atom stereocenters. The fourth-order valence-electron chi connectivity index (χ4n) is 4.12. The molecular formula is C26H21ClN2O4. The van der Waals surface area contributed by atoms with Crippen molar-refractivity contribution in [1.82, 2.24) is 4.98 Å². The standard InChI is InChI=1S/C26H21ClN2O4/c1-3-12-32-18-8-5-16(6-9-18)23-22-24(30)19-13-15(2)4-10-20(19)33-25(22)26(31)29(23)21-11-7-17(27)14-28-21/h4-11,13-14,23H,3,12H2,1-2H3. The van der Waals surface area contributed by atoms with E-state index in [1.165, 1.54) is 11.1 Å². The third-order valence-electron chi connectivity index (χ3n) is 5.65. The molecule has 6 nitrogen and oxygen atoms in total. The first-order valence-electron chi connectivity index (χ1n) is 10.7. The molecule has 0 saturated heterocycles. The van der Waals surface area contributed by atoms with Crippen LogP contribution < -0.4 is 15.1 Å². The van der Waals surface area contributed by atoms with Crippen molar-refractivity contribution >= 4 is 34.3 Å². The number of benzene rings is 2. The number of halogens is 1. The number of carbonyl (C=O) groups is 1. The number of aryl methyl sites for hydroxylation is 1. The molecule has 0 bridgehead atoms. The highest BCUT2D eigenvalue weighted by Crippen LogP contribution is 2.41. The van der Waals surface area contributed by atoms with Crippen molar-refractivity contribution in [2.24, 2.45) is 0 Å². The molecule has 0 spiro atoms. The van der Waals surface area contributed by atoms with Crippen LogP contribution in [0.1, 0.15) is 46.6 Å². The first-order valence-corrected chi connectivity index (χ1v) is 11.1. The lowest BCUT2D eigenvalue weighted by molar-refractivity contribution is 0.0970. The molecule has 1 amide bonds. The topological polar surface area (TPSA) is 72.6 Å². The van der Waals surface area contributed by atoms with Crippen LogP contribution in [-0.4, -0.2) is 17.5 Å². The van der Waals surface area contributed by atoms with Crippen LogP contribution in [0.2, 0.25) is 5.02 Å². The molecule has 0 fully saturated rings. The maximum Gasteiger partial charge on any atom is 0.296 e. The molecule has 0 aliphatic carbocycles. The molecule has 3 heterocycles. The van der Waals surface area contributed by atoms with E-state index in [1.54, 1.807) is 24.3 Å². The molecule has 1 aliphatic rings. The summed E-state index contributed by atoms with van der Waals surface area (Å²) in [4.78, 5) is 33.0. The minimum atomic E-state index is -0.692. The van der Waals surface area contributed by atoms with Crippen LogP contribution in [0.4, 0.5) is 5.82 Å². The number of ether oxygens (including phenoxy) is 1. The fourth-order valence-corrected chi connectivity index (χ4v) is 4.23. The van der Waals surface area contributed by atoms with Crippen molar-refractivity contribution in [1.29, 1.82) is 0 Å². The molecule has 166 valence electrons. The Balaban J connectivity index is 1.72. The first-order chi connectivity index (χ1) is 16.0. The molecule has 5 rings (SSSR count). The number of anilines is 1. The van der Waals surface area contributed by atoms with Crippen LogP contribution in [0, 0.1) is 6.92 Å². The lowest BCUT2D eigenvalue weighted by Crippen LogP contribution is -2.30. The second-order valence-electron chi connectivity index (χ2n) is 8.00. The lowest BCUT2D eigenvalue weighted by atomic mass is 9.98. The van der Waals surface area contributed by atoms with Crippen LogP contribution in [0.3, 0.4) is 0 Å². The Kier molecular flexibility index (Phi) is 5.38. The normalized spacial score (nSPS) is 15.2. The average molecular weight is 461 g/mol. The van der Waals surface area contributed by atoms with Gasteiger partial charge in [-0.25, -0.2) is 4.98 Å². The van der Waals surface area contributed by atoms with E-state index < -0.39 is 11.9 Å². The molecule has 0 radical (unpaired) electrons. The zero-order valence-electron chi connectivity index (χ0n) is 18.2. The van der Waals surface area contributed by atoms with Gasteiger partial charge in [0.1, 0.15) is 17.2 Å². The summed E-state index contributed by atoms with van der Waals surface area (Å²) in [6, 6.07) is 15.4. The quantitative estimate of drug-likeness (QED) is 0.382. The predicted octanol–water partition coefficient (Wildman–Crippen LogP) is 5.69. The van der Waals surface area contributed by atoms with Gasteiger partial charge in [-0.15, -0.1) is 0 Å². The Morgan fingerprint density at radius 2 is 1.88 bits per heavy atom. The smallest absolute Gasteiger partial charge is 0.296 e. The van der Waals surface area contributed by atoms with Gasteiger partial charge < -0.3 is 9.15 Å². The van der Waals surface area contributed by atoms with Gasteiger partial charge in [0, 0.05) is 6.20 Å². The largest absolute Gasteiger partial charge is 0.494 e. The molecule has 4 aromatic rings. The second-order valence-corrected chi connectivity index (χ2v) is 8.44. The Morgan fingerprint density at radius 3 is 2.58 bits per heavy atom. The minimum Gasteiger partial charge on any atom is -0.494 e. The van der Waals surface area contributed by atoms with Gasteiger partial charge >= 0.3 is 0 Å². The zero-order chi connectivity index (χ0) is 23.1. The summed E-state index contributed by atoms with van der Waals surface area (Å²) in [6.07, 6.45) is 2.37. The summed E-state index contributed by atoms with van der Waals surface area (Å²) in [7, 11) is 0. The van der Waals surface area contributed by atoms with Crippen molar-refractivity contribution in [2.75, 3.05) is 11.5 Å². The molecule has 0 N–H and O–H groups in total. The molecular weight excluding hydrogens is 440 g/mol. The first kappa shape index (κ1) is 21.2. The third-order valence-corrected chi connectivity index (χ3v) is 5.88. The number of hydrogen-bond acceptors (Lipinski definition) is 5. The van der Waals surface area contributed by atoms with Crippen molar-refractivity contribution in [2.45, 2.75) is 26.3 Å². The number of pyridine rings is 1. The average Bonchev–Trinajstić information content (AvgIpc) is 3.11. The van der Waals surface area contributed by atoms with E-state index in [0.29, 0.717) is 34.0 Å². The van der Waals surface area contributed by atoms with E-state index in [-0.39, 0.29) is 11.2 Å². The summed E-state index contributed by atoms with van der Waals surface area (Å²) in [6.45, 7) is 4.56. The van der Waals surface area contributed by atoms with Crippen molar-refractivity contribution in [3.63, 3.8) is 0 Å². The van der Waals surface area contributed by atoms with Gasteiger partial charge in [-0.2, -0.15) is 0 Å². The van der Waals surface area contributed by atoms with Gasteiger partial charge in [-0.05, 0) is 55.3 Å². The van der Waals surface area contributed by atoms with E-state index in [4.69, 9.17) is 20.8 Å². The molecule has 0 saturated carbocycles. The Bertz CT molecular complexity index is 1410. The summed E-state index contributed by atoms with van der Waals surface area (Å²) in [5.74, 6) is 0.717. The lowest BCUT2D eigenvalue weighted by Gasteiger charge is -2.24. The van der Waals surface area contributed by atoms with E-state index in [1.807, 2.05) is 44.2 Å². The van der Waals surface area contributed by atoms with Crippen molar-refractivity contribution in [3.8, 4) is 5.75 Å². The van der Waals surface area contributed by atoms with E-state index in [2.05, 4.69) is 4.98 Å². The van der Waals surface area contributed by atoms with E-state index in [9.17, 15) is 9.59 Å². The highest BCUT2D eigenvalue weighted by Gasteiger charge is 2.44. The molecule has 33 heavy (non-hydrogen) atoms. The molecule has 1 unspecified atom stereocenters. The van der Waals surface area contributed by atoms with E-state index >= 15 is 0 Å². The van der Waals surface area contributed by atoms with Crippen LogP contribution in [0.15, 0.2) is 70.0 Å². The molecule has 2 aromatic heterocycles. The van der Waals surface area contributed by atoms with Crippen molar-refractivity contribution in [3.05, 3.63) is 98.5 Å². The van der Waals surface area contributed by atoms with Gasteiger partial charge in [-0.1, -0.05) is 42.3 Å². The summed E-state index contributed by atoms with van der Waals surface area (Å²) >= 11 is 6.02. The summed E-state index contributed by atoms with van der Waals surface area (Å²) in [5.41, 5.74) is 2.14. The number of hydrogen-bond donors (Lipinski definition) is 0. The molecule has 7 heteroatoms. The maximum atomic E-state index is 13.6. The van der Waals surface area contributed by atoms with Crippen molar-refractivity contribution < 1.29 is 13.9 Å². The van der Waals surface area contributed by atoms with Gasteiger partial charge in [0.25, 0.3) is 5.91 Å². The fraction of sp³-hybridized carbons (Fsp3) is 0.192. The summed E-state index contributed by atoms with van der Waals surface area (Å²) in [5, 5.41) is 0.896. The van der Waals surface area contributed by atoms with Crippen LogP contribution >= 0.6 is 11.6 Å². The Labute approximate surface area is 195 Å². The highest BCUT2D eigenvalue weighted by atomic mass is 35.5. The van der Waals surface area contributed by atoms with Crippen LogP contribution in [0.5, 0.6) is 5.75 Å². The second kappa shape index (κ2) is 8.37. The number of aromatic nitrogens is 1. The summed E-state index contributed by atoms with van der Waals surface area (Å²) < 4.78 is 11.7. The van der Waals surface area contributed by atoms with Crippen LogP contribution in [-0.2, 0) is 0 Å². The monoisotopic (exact) mass is 460 g/mol. The predicted molar refractivity (Wildman–Crippen MR) is 127 cm³/mol. The Morgan fingerprint density at radius 1 is 1.09 bits per heavy atom. The van der Waals surface area contributed by atoms with Gasteiger partial charge in [0.2, 0.25) is 5.76 Å². The van der Waals surface area contributed by atoms with Crippen LogP contribution in [0.25, 0.3) is 11.0 Å². The minimum absolute atomic E-state index is 0.0319. The number of rotatable bonds is 5.